The molecule has 4 rings (SSSR count). The maximum absolute atomic E-state index is 14.3. The van der Waals surface area contributed by atoms with Crippen molar-refractivity contribution >= 4 is 23.3 Å². The lowest BCUT2D eigenvalue weighted by Crippen LogP contribution is -2.51. The van der Waals surface area contributed by atoms with Crippen molar-refractivity contribution in [1.29, 1.82) is 5.26 Å². The second kappa shape index (κ2) is 5.41. The highest BCUT2D eigenvalue weighted by Gasteiger charge is 2.40. The number of hydrogen-bond donors (Lipinski definition) is 2. The minimum absolute atomic E-state index is 0.0664. The number of hydrogen-bond acceptors (Lipinski definition) is 6. The highest BCUT2D eigenvalue weighted by Crippen LogP contribution is 2.32. The Morgan fingerprint density at radius 3 is 3.00 bits per heavy atom. The number of amides is 3. The van der Waals surface area contributed by atoms with Gasteiger partial charge in [0.05, 0.1) is 23.8 Å². The summed E-state index contributed by atoms with van der Waals surface area (Å²) in [4.78, 5) is 29.3. The summed E-state index contributed by atoms with van der Waals surface area (Å²) in [5.74, 6) is -1.10. The van der Waals surface area contributed by atoms with Crippen LogP contribution < -0.4 is 15.5 Å². The molecule has 0 aliphatic carbocycles. The molecule has 25 heavy (non-hydrogen) atoms. The van der Waals surface area contributed by atoms with E-state index in [2.05, 4.69) is 20.7 Å². The fourth-order valence-electron chi connectivity index (χ4n) is 3.16. The number of fused-ring (bicyclic) bond motifs is 1. The molecule has 0 aromatic carbocycles. The summed E-state index contributed by atoms with van der Waals surface area (Å²) in [7, 11) is 0. The lowest BCUT2D eigenvalue weighted by Gasteiger charge is -2.24. The average molecular weight is 343 g/mol. The molecular weight excluding hydrogens is 329 g/mol. The van der Waals surface area contributed by atoms with Crippen molar-refractivity contribution in [2.75, 3.05) is 24.5 Å². The second-order valence-corrected chi connectivity index (χ2v) is 6.15. The van der Waals surface area contributed by atoms with Gasteiger partial charge in [-0.15, -0.1) is 0 Å². The molecule has 0 spiro atoms. The van der Waals surface area contributed by atoms with Gasteiger partial charge in [-0.2, -0.15) is 10.4 Å². The molecule has 2 fully saturated rings. The normalized spacial score (nSPS) is 26.4. The minimum Gasteiger partial charge on any atom is -0.364 e. The van der Waals surface area contributed by atoms with Gasteiger partial charge in [-0.1, -0.05) is 0 Å². The maximum Gasteiger partial charge on any atom is 0.321 e. The van der Waals surface area contributed by atoms with Crippen LogP contribution in [0.5, 0.6) is 0 Å². The molecule has 0 bridgehead atoms. The number of alkyl halides is 1. The standard InChI is InChI=1S/C15H14FN7O2/c16-15(7-17)1-3-22(8-15)11-5-10(21-23-4-2-18-12(11)23)9-6-19-14(25)20-13(9)24/h2,4-5,9H,1,3,6,8H2,(H2,19,20,24,25). The number of nitrogens with zero attached hydrogens (tertiary/aromatic N) is 5. The summed E-state index contributed by atoms with van der Waals surface area (Å²) >= 11 is 0. The maximum atomic E-state index is 14.3. The summed E-state index contributed by atoms with van der Waals surface area (Å²) < 4.78 is 15.8. The second-order valence-electron chi connectivity index (χ2n) is 6.15. The van der Waals surface area contributed by atoms with Gasteiger partial charge in [-0.3, -0.25) is 10.1 Å². The molecule has 2 aromatic rings. The van der Waals surface area contributed by atoms with E-state index in [-0.39, 0.29) is 19.5 Å². The zero-order chi connectivity index (χ0) is 17.6. The van der Waals surface area contributed by atoms with Gasteiger partial charge in [0.25, 0.3) is 0 Å². The van der Waals surface area contributed by atoms with Crippen LogP contribution in [0.15, 0.2) is 18.5 Å². The fourth-order valence-corrected chi connectivity index (χ4v) is 3.16. The van der Waals surface area contributed by atoms with E-state index in [1.807, 2.05) is 0 Å². The molecule has 10 heteroatoms. The first kappa shape index (κ1) is 15.3. The third-order valence-corrected chi connectivity index (χ3v) is 4.50. The minimum atomic E-state index is -1.90. The first-order chi connectivity index (χ1) is 12.0. The van der Waals surface area contributed by atoms with Crippen LogP contribution in [0.25, 0.3) is 5.65 Å². The summed E-state index contributed by atoms with van der Waals surface area (Å²) in [6.45, 7) is 0.426. The van der Waals surface area contributed by atoms with E-state index in [1.165, 1.54) is 4.52 Å². The number of carbonyl (C=O) groups is 2. The van der Waals surface area contributed by atoms with E-state index < -0.39 is 23.5 Å². The Balaban J connectivity index is 1.75. The molecule has 2 aliphatic rings. The topological polar surface area (TPSA) is 115 Å². The molecule has 4 heterocycles. The van der Waals surface area contributed by atoms with Crippen molar-refractivity contribution in [2.45, 2.75) is 18.0 Å². The van der Waals surface area contributed by atoms with Crippen LogP contribution >= 0.6 is 0 Å². The summed E-state index contributed by atoms with van der Waals surface area (Å²) in [5.41, 5.74) is -0.338. The average Bonchev–Trinajstić information content (AvgIpc) is 3.21. The SMILES string of the molecule is N#CC1(F)CCN(c2cc(C3CNC(=O)NC3=O)nn3ccnc23)C1. The van der Waals surface area contributed by atoms with E-state index in [0.29, 0.717) is 23.6 Å². The van der Waals surface area contributed by atoms with Gasteiger partial charge < -0.3 is 10.2 Å². The van der Waals surface area contributed by atoms with Crippen molar-refractivity contribution in [1.82, 2.24) is 25.2 Å². The number of anilines is 1. The first-order valence-corrected chi connectivity index (χ1v) is 7.77. The van der Waals surface area contributed by atoms with Crippen molar-refractivity contribution in [3.8, 4) is 6.07 Å². The Morgan fingerprint density at radius 1 is 1.44 bits per heavy atom. The summed E-state index contributed by atoms with van der Waals surface area (Å²) in [5, 5.41) is 18.2. The summed E-state index contributed by atoms with van der Waals surface area (Å²) in [6, 6.07) is 2.84. The van der Waals surface area contributed by atoms with Crippen molar-refractivity contribution in [2.24, 2.45) is 0 Å². The van der Waals surface area contributed by atoms with Crippen LogP contribution in [-0.4, -0.2) is 51.8 Å². The van der Waals surface area contributed by atoms with Crippen molar-refractivity contribution in [3.05, 3.63) is 24.2 Å². The molecule has 2 aromatic heterocycles. The number of rotatable bonds is 2. The number of nitriles is 1. The number of imidazole rings is 1. The van der Waals surface area contributed by atoms with E-state index >= 15 is 0 Å². The molecule has 3 amide bonds. The molecule has 2 atom stereocenters. The Hall–Kier alpha value is -3.22. The van der Waals surface area contributed by atoms with Crippen molar-refractivity contribution in [3.63, 3.8) is 0 Å². The molecule has 2 aliphatic heterocycles. The highest BCUT2D eigenvalue weighted by atomic mass is 19.1. The zero-order valence-electron chi connectivity index (χ0n) is 13.1. The number of nitrogens with one attached hydrogen (secondary N) is 2. The third kappa shape index (κ3) is 2.53. The largest absolute Gasteiger partial charge is 0.364 e. The number of urea groups is 1. The number of halogens is 1. The Morgan fingerprint density at radius 2 is 2.28 bits per heavy atom. The van der Waals surface area contributed by atoms with E-state index in [4.69, 9.17) is 5.26 Å². The molecule has 2 unspecified atom stereocenters. The van der Waals surface area contributed by atoms with Gasteiger partial charge >= 0.3 is 6.03 Å². The third-order valence-electron chi connectivity index (χ3n) is 4.50. The van der Waals surface area contributed by atoms with Crippen molar-refractivity contribution < 1.29 is 14.0 Å². The molecular formula is C15H14FN7O2. The predicted octanol–water partition coefficient (Wildman–Crippen LogP) is 0.0943. The molecule has 0 saturated carbocycles. The van der Waals surface area contributed by atoms with Crippen LogP contribution in [-0.2, 0) is 4.79 Å². The number of carbonyl (C=O) groups excluding carboxylic acids is 2. The van der Waals surface area contributed by atoms with Crippen LogP contribution in [0, 0.1) is 11.3 Å². The highest BCUT2D eigenvalue weighted by molar-refractivity contribution is 6.00. The molecule has 2 N–H and O–H groups in total. The molecule has 0 radical (unpaired) electrons. The Bertz CT molecular complexity index is 920. The lowest BCUT2D eigenvalue weighted by molar-refractivity contribution is -0.122. The van der Waals surface area contributed by atoms with Gasteiger partial charge in [-0.25, -0.2) is 18.7 Å². The Labute approximate surface area is 141 Å². The van der Waals surface area contributed by atoms with Crippen LogP contribution in [0.3, 0.4) is 0 Å². The fraction of sp³-hybridized carbons (Fsp3) is 0.400. The number of aromatic nitrogens is 3. The van der Waals surface area contributed by atoms with Crippen LogP contribution in [0.1, 0.15) is 18.0 Å². The van der Waals surface area contributed by atoms with Crippen LogP contribution in [0.4, 0.5) is 14.9 Å². The zero-order valence-corrected chi connectivity index (χ0v) is 13.1. The van der Waals surface area contributed by atoms with Gasteiger partial charge in [-0.05, 0) is 6.07 Å². The molecule has 2 saturated heterocycles. The summed E-state index contributed by atoms with van der Waals surface area (Å²) in [6.07, 6.45) is 3.29. The van der Waals surface area contributed by atoms with E-state index in [1.54, 1.807) is 29.4 Å². The van der Waals surface area contributed by atoms with Gasteiger partial charge in [0, 0.05) is 31.9 Å². The lowest BCUT2D eigenvalue weighted by atomic mass is 10.0. The molecule has 9 nitrogen and oxygen atoms in total. The van der Waals surface area contributed by atoms with Gasteiger partial charge in [0.15, 0.2) is 5.65 Å². The quantitative estimate of drug-likeness (QED) is 0.799. The monoisotopic (exact) mass is 343 g/mol. The van der Waals surface area contributed by atoms with E-state index in [0.717, 1.165) is 0 Å². The number of imide groups is 1. The smallest absolute Gasteiger partial charge is 0.321 e. The van der Waals surface area contributed by atoms with Gasteiger partial charge in [0.2, 0.25) is 11.6 Å². The Kier molecular flexibility index (Phi) is 3.31. The predicted molar refractivity (Wildman–Crippen MR) is 83.6 cm³/mol. The molecule has 128 valence electrons. The first-order valence-electron chi connectivity index (χ1n) is 7.77. The van der Waals surface area contributed by atoms with Gasteiger partial charge in [0.1, 0.15) is 6.07 Å². The van der Waals surface area contributed by atoms with Crippen LogP contribution in [0.2, 0.25) is 0 Å². The van der Waals surface area contributed by atoms with E-state index in [9.17, 15) is 14.0 Å².